The highest BCUT2D eigenvalue weighted by molar-refractivity contribution is 5.82. The van der Waals surface area contributed by atoms with Gasteiger partial charge in [-0.1, -0.05) is 51.0 Å². The number of hydrogen-bond acceptors (Lipinski definition) is 2. The highest BCUT2D eigenvalue weighted by Crippen LogP contribution is 2.29. The number of benzene rings is 1. The molecule has 1 aromatic carbocycles. The average molecular weight is 289 g/mol. The summed E-state index contributed by atoms with van der Waals surface area (Å²) in [5.41, 5.74) is 1.79. The topological polar surface area (TPSA) is 57.6 Å². The molecule has 1 aliphatic heterocycles. The van der Waals surface area contributed by atoms with E-state index in [1.165, 1.54) is 0 Å². The molecule has 114 valence electrons. The number of carboxylic acids is 1. The van der Waals surface area contributed by atoms with E-state index in [1.807, 2.05) is 31.2 Å². The normalized spacial score (nSPS) is 19.0. The van der Waals surface area contributed by atoms with Crippen LogP contribution in [0, 0.1) is 5.92 Å². The van der Waals surface area contributed by atoms with Crippen LogP contribution >= 0.6 is 0 Å². The summed E-state index contributed by atoms with van der Waals surface area (Å²) in [5, 5.41) is 9.43. The van der Waals surface area contributed by atoms with Gasteiger partial charge in [0.05, 0.1) is 5.92 Å². The van der Waals surface area contributed by atoms with Gasteiger partial charge < -0.3 is 10.0 Å². The zero-order valence-corrected chi connectivity index (χ0v) is 12.7. The maximum atomic E-state index is 12.5. The molecule has 2 rings (SSSR count). The molecule has 0 fully saturated rings. The van der Waals surface area contributed by atoms with Gasteiger partial charge in [-0.25, -0.2) is 0 Å². The molecule has 0 spiro atoms. The minimum Gasteiger partial charge on any atom is -0.481 e. The number of unbranched alkanes of at least 4 members (excludes halogenated alkanes) is 1. The van der Waals surface area contributed by atoms with E-state index in [1.54, 1.807) is 4.90 Å². The van der Waals surface area contributed by atoms with Crippen LogP contribution in [-0.2, 0) is 16.1 Å². The van der Waals surface area contributed by atoms with Crippen LogP contribution in [0.5, 0.6) is 0 Å². The summed E-state index contributed by atoms with van der Waals surface area (Å²) >= 11 is 0. The molecule has 0 saturated carbocycles. The first kappa shape index (κ1) is 15.5. The number of nitrogens with zero attached hydrogens (tertiary/aromatic N) is 1. The molecule has 1 N–H and O–H groups in total. The van der Waals surface area contributed by atoms with E-state index in [0.29, 0.717) is 6.54 Å². The molecule has 0 aromatic heterocycles. The minimum absolute atomic E-state index is 0.0374. The second-order valence-corrected chi connectivity index (χ2v) is 5.85. The summed E-state index contributed by atoms with van der Waals surface area (Å²) in [6.07, 6.45) is 2.96. The second kappa shape index (κ2) is 6.74. The first-order valence-electron chi connectivity index (χ1n) is 7.64. The molecule has 0 aliphatic carbocycles. The maximum Gasteiger partial charge on any atom is 0.312 e. The Labute approximate surface area is 125 Å². The lowest BCUT2D eigenvalue weighted by atomic mass is 9.89. The number of amides is 1. The van der Waals surface area contributed by atoms with Crippen LogP contribution < -0.4 is 0 Å². The fourth-order valence-electron chi connectivity index (χ4n) is 2.93. The Morgan fingerprint density at radius 1 is 1.38 bits per heavy atom. The molecule has 4 heteroatoms. The summed E-state index contributed by atoms with van der Waals surface area (Å²) in [6.45, 7) is 4.85. The molecule has 1 aliphatic rings. The molecule has 2 unspecified atom stereocenters. The number of carbonyl (C=O) groups is 2. The Kier molecular flexibility index (Phi) is 4.99. The predicted molar refractivity (Wildman–Crippen MR) is 80.9 cm³/mol. The van der Waals surface area contributed by atoms with E-state index >= 15 is 0 Å². The maximum absolute atomic E-state index is 12.5. The minimum atomic E-state index is -0.860. The van der Waals surface area contributed by atoms with Crippen molar-refractivity contribution >= 4 is 11.9 Å². The van der Waals surface area contributed by atoms with E-state index in [0.717, 1.165) is 30.4 Å². The van der Waals surface area contributed by atoms with Crippen LogP contribution in [0.15, 0.2) is 24.3 Å². The van der Waals surface area contributed by atoms with Crippen LogP contribution in [0.2, 0.25) is 0 Å². The third-order valence-corrected chi connectivity index (χ3v) is 4.22. The zero-order chi connectivity index (χ0) is 15.4. The highest BCUT2D eigenvalue weighted by atomic mass is 16.4. The van der Waals surface area contributed by atoms with E-state index < -0.39 is 11.9 Å². The molecular formula is C17H23NO3. The van der Waals surface area contributed by atoms with Crippen molar-refractivity contribution < 1.29 is 14.7 Å². The van der Waals surface area contributed by atoms with Crippen LogP contribution in [0.25, 0.3) is 0 Å². The molecule has 21 heavy (non-hydrogen) atoms. The van der Waals surface area contributed by atoms with E-state index in [9.17, 15) is 14.7 Å². The number of rotatable bonds is 5. The van der Waals surface area contributed by atoms with Gasteiger partial charge in [0.2, 0.25) is 5.91 Å². The summed E-state index contributed by atoms with van der Waals surface area (Å²) in [6, 6.07) is 7.53. The predicted octanol–water partition coefficient (Wildman–Crippen LogP) is 3.02. The SMILES string of the molecule is CCCCC(C)C(=O)N1Cc2ccccc2C(C(=O)O)C1. The van der Waals surface area contributed by atoms with Crippen molar-refractivity contribution in [1.82, 2.24) is 4.90 Å². The quantitative estimate of drug-likeness (QED) is 0.906. The average Bonchev–Trinajstić information content (AvgIpc) is 2.50. The fraction of sp³-hybridized carbons (Fsp3) is 0.529. The zero-order valence-electron chi connectivity index (χ0n) is 12.7. The van der Waals surface area contributed by atoms with Gasteiger partial charge in [-0.15, -0.1) is 0 Å². The van der Waals surface area contributed by atoms with Crippen LogP contribution in [0.3, 0.4) is 0 Å². The number of aliphatic carboxylic acids is 1. The van der Waals surface area contributed by atoms with Crippen molar-refractivity contribution in [2.45, 2.75) is 45.6 Å². The van der Waals surface area contributed by atoms with Gasteiger partial charge in [-0.05, 0) is 17.5 Å². The lowest BCUT2D eigenvalue weighted by molar-refractivity contribution is -0.142. The van der Waals surface area contributed by atoms with Crippen molar-refractivity contribution in [2.24, 2.45) is 5.92 Å². The van der Waals surface area contributed by atoms with E-state index in [4.69, 9.17) is 0 Å². The van der Waals surface area contributed by atoms with Crippen molar-refractivity contribution in [2.75, 3.05) is 6.54 Å². The third-order valence-electron chi connectivity index (χ3n) is 4.22. The van der Waals surface area contributed by atoms with Gasteiger partial charge in [-0.3, -0.25) is 9.59 Å². The number of fused-ring (bicyclic) bond motifs is 1. The number of carboxylic acid groups (broad SMARTS) is 1. The second-order valence-electron chi connectivity index (χ2n) is 5.85. The van der Waals surface area contributed by atoms with Gasteiger partial charge >= 0.3 is 5.97 Å². The van der Waals surface area contributed by atoms with Crippen molar-refractivity contribution in [3.8, 4) is 0 Å². The molecule has 1 aromatic rings. The number of carbonyl (C=O) groups excluding carboxylic acids is 1. The van der Waals surface area contributed by atoms with Crippen LogP contribution in [0.1, 0.15) is 50.2 Å². The molecule has 0 bridgehead atoms. The Hall–Kier alpha value is -1.84. The van der Waals surface area contributed by atoms with Crippen molar-refractivity contribution in [3.05, 3.63) is 35.4 Å². The molecule has 0 radical (unpaired) electrons. The van der Waals surface area contributed by atoms with Crippen molar-refractivity contribution in [3.63, 3.8) is 0 Å². The van der Waals surface area contributed by atoms with Gasteiger partial charge in [0.15, 0.2) is 0 Å². The first-order chi connectivity index (χ1) is 10.0. The summed E-state index contributed by atoms with van der Waals surface area (Å²) in [5.74, 6) is -1.44. The van der Waals surface area contributed by atoms with Gasteiger partial charge in [0, 0.05) is 19.0 Å². The molecule has 1 amide bonds. The molecule has 1 heterocycles. The lowest BCUT2D eigenvalue weighted by Crippen LogP contribution is -2.42. The lowest BCUT2D eigenvalue weighted by Gasteiger charge is -2.34. The van der Waals surface area contributed by atoms with Crippen LogP contribution in [-0.4, -0.2) is 28.4 Å². The monoisotopic (exact) mass is 289 g/mol. The Bertz CT molecular complexity index is 527. The Morgan fingerprint density at radius 3 is 2.76 bits per heavy atom. The van der Waals surface area contributed by atoms with E-state index in [2.05, 4.69) is 6.92 Å². The number of hydrogen-bond donors (Lipinski definition) is 1. The van der Waals surface area contributed by atoms with E-state index in [-0.39, 0.29) is 18.4 Å². The summed E-state index contributed by atoms with van der Waals surface area (Å²) < 4.78 is 0. The first-order valence-corrected chi connectivity index (χ1v) is 7.64. The highest BCUT2D eigenvalue weighted by Gasteiger charge is 2.33. The summed E-state index contributed by atoms with van der Waals surface area (Å²) in [4.78, 5) is 25.7. The van der Waals surface area contributed by atoms with Crippen LogP contribution in [0.4, 0.5) is 0 Å². The summed E-state index contributed by atoms with van der Waals surface area (Å²) in [7, 11) is 0. The van der Waals surface area contributed by atoms with Gasteiger partial charge in [-0.2, -0.15) is 0 Å². The standard InChI is InChI=1S/C17H23NO3/c1-3-4-7-12(2)16(19)18-10-13-8-5-6-9-14(13)15(11-18)17(20)21/h5-6,8-9,12,15H,3-4,7,10-11H2,1-2H3,(H,20,21). The third kappa shape index (κ3) is 3.43. The fourth-order valence-corrected chi connectivity index (χ4v) is 2.93. The molecular weight excluding hydrogens is 266 g/mol. The molecule has 0 saturated heterocycles. The molecule has 4 nitrogen and oxygen atoms in total. The van der Waals surface area contributed by atoms with Gasteiger partial charge in [0.1, 0.15) is 0 Å². The Balaban J connectivity index is 2.17. The van der Waals surface area contributed by atoms with Gasteiger partial charge in [0.25, 0.3) is 0 Å². The smallest absolute Gasteiger partial charge is 0.312 e. The largest absolute Gasteiger partial charge is 0.481 e. The van der Waals surface area contributed by atoms with Crippen molar-refractivity contribution in [1.29, 1.82) is 0 Å². The Morgan fingerprint density at radius 2 is 2.10 bits per heavy atom. The molecule has 2 atom stereocenters.